The minimum Gasteiger partial charge on any atom is -0.347 e. The summed E-state index contributed by atoms with van der Waals surface area (Å²) in [6, 6.07) is 0. The monoisotopic (exact) mass is 237 g/mol. The van der Waals surface area contributed by atoms with Gasteiger partial charge in [-0.05, 0) is 38.2 Å². The summed E-state index contributed by atoms with van der Waals surface area (Å²) in [6.45, 7) is 5.70. The molecule has 4 nitrogen and oxygen atoms in total. The third-order valence-electron chi connectivity index (χ3n) is 4.41. The second kappa shape index (κ2) is 5.40. The molecule has 2 aliphatic heterocycles. The third kappa shape index (κ3) is 2.83. The molecule has 2 N–H and O–H groups in total. The molecule has 0 radical (unpaired) electrons. The molecule has 2 aliphatic rings. The van der Waals surface area contributed by atoms with Crippen LogP contribution in [-0.4, -0.2) is 56.3 Å². The predicted molar refractivity (Wildman–Crippen MR) is 71.8 cm³/mol. The molecule has 2 saturated heterocycles. The summed E-state index contributed by atoms with van der Waals surface area (Å²) < 4.78 is 0. The summed E-state index contributed by atoms with van der Waals surface area (Å²) >= 11 is 0. The number of amides is 1. The molecule has 96 valence electrons. The lowest BCUT2D eigenvalue weighted by Gasteiger charge is -2.30. The average Bonchev–Trinajstić information content (AvgIpc) is 2.95. The second-order valence-corrected chi connectivity index (χ2v) is 5.49. The molecule has 17 heavy (non-hydrogen) atoms. The van der Waals surface area contributed by atoms with Crippen LogP contribution in [0.25, 0.3) is 0 Å². The maximum atomic E-state index is 12.1. The molecular formula is C12H24BN3O. The summed E-state index contributed by atoms with van der Waals surface area (Å²) in [4.78, 5) is 14.1. The number of nitrogens with zero attached hydrogens (tertiary/aromatic N) is 1. The van der Waals surface area contributed by atoms with Gasteiger partial charge in [-0.25, -0.2) is 0 Å². The molecule has 0 bridgehead atoms. The van der Waals surface area contributed by atoms with Crippen molar-refractivity contribution in [3.05, 3.63) is 0 Å². The van der Waals surface area contributed by atoms with E-state index in [1.807, 2.05) is 4.90 Å². The molecule has 0 aromatic rings. The van der Waals surface area contributed by atoms with Crippen LogP contribution in [0.5, 0.6) is 0 Å². The molecule has 0 spiro atoms. The molecule has 0 unspecified atom stereocenters. The summed E-state index contributed by atoms with van der Waals surface area (Å²) in [7, 11) is 2.15. The van der Waals surface area contributed by atoms with Crippen molar-refractivity contribution in [3.63, 3.8) is 0 Å². The van der Waals surface area contributed by atoms with Gasteiger partial charge in [0.1, 0.15) is 7.85 Å². The van der Waals surface area contributed by atoms with Crippen LogP contribution in [0.2, 0.25) is 0 Å². The van der Waals surface area contributed by atoms with Crippen LogP contribution in [0, 0.1) is 0 Å². The van der Waals surface area contributed by atoms with Gasteiger partial charge in [0, 0.05) is 18.6 Å². The van der Waals surface area contributed by atoms with Crippen LogP contribution >= 0.6 is 0 Å². The van der Waals surface area contributed by atoms with Crippen molar-refractivity contribution in [2.75, 3.05) is 26.2 Å². The zero-order valence-corrected chi connectivity index (χ0v) is 11.1. The van der Waals surface area contributed by atoms with Gasteiger partial charge in [0.2, 0.25) is 5.91 Å². The Balaban J connectivity index is 1.82. The van der Waals surface area contributed by atoms with E-state index in [-0.39, 0.29) is 11.4 Å². The van der Waals surface area contributed by atoms with Gasteiger partial charge in [-0.2, -0.15) is 0 Å². The Labute approximate surface area is 105 Å². The van der Waals surface area contributed by atoms with E-state index in [9.17, 15) is 4.79 Å². The standard InChI is InChI=1S/C12H24BN3O/c1-2-12(5-6-14-9-12)15-8-11(17)16-7-3-4-10(16)13/h10,14-15H,2-9,13H2,1H3/t10-,12-/m0/s1. The van der Waals surface area contributed by atoms with Gasteiger partial charge in [0.15, 0.2) is 0 Å². The second-order valence-electron chi connectivity index (χ2n) is 5.49. The van der Waals surface area contributed by atoms with Crippen LogP contribution < -0.4 is 10.6 Å². The highest BCUT2D eigenvalue weighted by molar-refractivity contribution is 6.13. The number of carbonyl (C=O) groups is 1. The lowest BCUT2D eigenvalue weighted by molar-refractivity contribution is -0.130. The van der Waals surface area contributed by atoms with Crippen molar-refractivity contribution in [1.29, 1.82) is 0 Å². The van der Waals surface area contributed by atoms with Crippen LogP contribution in [0.1, 0.15) is 32.6 Å². The minimum absolute atomic E-state index is 0.151. The third-order valence-corrected chi connectivity index (χ3v) is 4.41. The number of hydrogen-bond donors (Lipinski definition) is 2. The Kier molecular flexibility index (Phi) is 4.10. The molecule has 2 rings (SSSR count). The fourth-order valence-electron chi connectivity index (χ4n) is 2.99. The molecule has 2 heterocycles. The Hall–Kier alpha value is -0.545. The molecule has 0 aliphatic carbocycles. The summed E-state index contributed by atoms with van der Waals surface area (Å²) in [5.41, 5.74) is 0.151. The van der Waals surface area contributed by atoms with E-state index in [2.05, 4.69) is 25.4 Å². The van der Waals surface area contributed by atoms with Crippen molar-refractivity contribution >= 4 is 13.8 Å². The Morgan fingerprint density at radius 2 is 2.47 bits per heavy atom. The first-order valence-electron chi connectivity index (χ1n) is 6.92. The summed E-state index contributed by atoms with van der Waals surface area (Å²) in [5.74, 6) is 0.707. The van der Waals surface area contributed by atoms with Gasteiger partial charge in [0.25, 0.3) is 0 Å². The van der Waals surface area contributed by atoms with Gasteiger partial charge >= 0.3 is 0 Å². The molecular weight excluding hydrogens is 213 g/mol. The average molecular weight is 237 g/mol. The highest BCUT2D eigenvalue weighted by atomic mass is 16.2. The van der Waals surface area contributed by atoms with E-state index < -0.39 is 0 Å². The first kappa shape index (κ1) is 12.9. The fraction of sp³-hybridized carbons (Fsp3) is 0.917. The van der Waals surface area contributed by atoms with Crippen LogP contribution in [0.3, 0.4) is 0 Å². The van der Waals surface area contributed by atoms with E-state index in [1.165, 1.54) is 0 Å². The topological polar surface area (TPSA) is 44.4 Å². The lowest BCUT2D eigenvalue weighted by Crippen LogP contribution is -2.51. The van der Waals surface area contributed by atoms with Crippen LogP contribution in [0.15, 0.2) is 0 Å². The van der Waals surface area contributed by atoms with Gasteiger partial charge in [-0.1, -0.05) is 6.92 Å². The quantitative estimate of drug-likeness (QED) is 0.635. The predicted octanol–water partition coefficient (Wildman–Crippen LogP) is -0.700. The first-order chi connectivity index (χ1) is 8.17. The van der Waals surface area contributed by atoms with Gasteiger partial charge in [-0.3, -0.25) is 4.79 Å². The molecule has 2 fully saturated rings. The molecule has 1 amide bonds. The maximum Gasteiger partial charge on any atom is 0.236 e. The zero-order chi connectivity index (χ0) is 12.3. The number of hydrogen-bond acceptors (Lipinski definition) is 3. The molecule has 0 saturated carbocycles. The van der Waals surface area contributed by atoms with E-state index in [1.54, 1.807) is 0 Å². The van der Waals surface area contributed by atoms with Gasteiger partial charge in [-0.15, -0.1) is 0 Å². The van der Waals surface area contributed by atoms with Crippen molar-refractivity contribution in [3.8, 4) is 0 Å². The summed E-state index contributed by atoms with van der Waals surface area (Å²) in [6.07, 6.45) is 4.54. The van der Waals surface area contributed by atoms with Crippen molar-refractivity contribution in [2.45, 2.75) is 44.1 Å². The Morgan fingerprint density at radius 1 is 1.65 bits per heavy atom. The molecule has 0 aromatic heterocycles. The highest BCUT2D eigenvalue weighted by Crippen LogP contribution is 2.19. The zero-order valence-electron chi connectivity index (χ0n) is 11.1. The number of nitrogens with one attached hydrogen (secondary N) is 2. The number of likely N-dealkylation sites (tertiary alicyclic amines) is 1. The van der Waals surface area contributed by atoms with Crippen molar-refractivity contribution < 1.29 is 4.79 Å². The van der Waals surface area contributed by atoms with E-state index in [0.29, 0.717) is 12.5 Å². The SMILES string of the molecule is B[C@@H]1CCCN1C(=O)CN[C@@]1(CC)CCNC1. The first-order valence-corrected chi connectivity index (χ1v) is 6.92. The van der Waals surface area contributed by atoms with Crippen molar-refractivity contribution in [1.82, 2.24) is 15.5 Å². The normalized spacial score (nSPS) is 33.2. The molecule has 2 atom stereocenters. The van der Waals surface area contributed by atoms with E-state index in [0.717, 1.165) is 45.3 Å². The minimum atomic E-state index is 0.151. The fourth-order valence-corrected chi connectivity index (χ4v) is 2.99. The number of carbonyl (C=O) groups excluding carboxylic acids is 1. The Bertz CT molecular complexity index is 279. The van der Waals surface area contributed by atoms with Crippen LogP contribution in [0.4, 0.5) is 0 Å². The molecule has 0 aromatic carbocycles. The smallest absolute Gasteiger partial charge is 0.236 e. The van der Waals surface area contributed by atoms with Crippen molar-refractivity contribution in [2.24, 2.45) is 0 Å². The molecule has 5 heteroatoms. The van der Waals surface area contributed by atoms with E-state index in [4.69, 9.17) is 0 Å². The largest absolute Gasteiger partial charge is 0.347 e. The van der Waals surface area contributed by atoms with E-state index >= 15 is 0 Å². The maximum absolute atomic E-state index is 12.1. The van der Waals surface area contributed by atoms with Gasteiger partial charge < -0.3 is 15.5 Å². The summed E-state index contributed by atoms with van der Waals surface area (Å²) in [5, 5.41) is 6.87. The number of rotatable bonds is 4. The lowest BCUT2D eigenvalue weighted by atomic mass is 9.93. The Morgan fingerprint density at radius 3 is 3.00 bits per heavy atom. The van der Waals surface area contributed by atoms with Gasteiger partial charge in [0.05, 0.1) is 6.54 Å². The highest BCUT2D eigenvalue weighted by Gasteiger charge is 2.33. The van der Waals surface area contributed by atoms with Crippen LogP contribution in [-0.2, 0) is 4.79 Å².